The number of methoxy groups -OCH3 is 1. The van der Waals surface area contributed by atoms with Crippen molar-refractivity contribution in [1.29, 1.82) is 0 Å². The lowest BCUT2D eigenvalue weighted by molar-refractivity contribution is 0.106. The number of hydrogen-bond donors (Lipinski definition) is 1. The minimum absolute atomic E-state index is 0.220. The molecule has 0 radical (unpaired) electrons. The Morgan fingerprint density at radius 1 is 1.62 bits per heavy atom. The molecule has 0 saturated carbocycles. The zero-order valence-corrected chi connectivity index (χ0v) is 7.17. The van der Waals surface area contributed by atoms with E-state index in [0.29, 0.717) is 5.69 Å². The zero-order chi connectivity index (χ0) is 9.52. The standard InChI is InChI=1S/C7H10N4O2/c1-12-7-2-3-9-6(4-7)5-13-11-10-8/h2-4H,5H2,1H3,(H2,8,11). The van der Waals surface area contributed by atoms with Crippen LogP contribution in [0.3, 0.4) is 0 Å². The molecule has 0 aliphatic rings. The third-order valence-electron chi connectivity index (χ3n) is 1.34. The first-order chi connectivity index (χ1) is 6.36. The van der Waals surface area contributed by atoms with Gasteiger partial charge in [-0.3, -0.25) is 4.98 Å². The Kier molecular flexibility index (Phi) is 3.49. The molecule has 1 heterocycles. The van der Waals surface area contributed by atoms with E-state index in [1.165, 1.54) is 0 Å². The number of pyridine rings is 1. The molecule has 13 heavy (non-hydrogen) atoms. The summed E-state index contributed by atoms with van der Waals surface area (Å²) in [5.41, 5.74) is 0.701. The van der Waals surface area contributed by atoms with E-state index in [0.717, 1.165) is 5.75 Å². The Morgan fingerprint density at radius 3 is 3.15 bits per heavy atom. The second-order valence-electron chi connectivity index (χ2n) is 2.16. The minimum Gasteiger partial charge on any atom is -0.497 e. The van der Waals surface area contributed by atoms with Crippen molar-refractivity contribution in [3.63, 3.8) is 0 Å². The Bertz CT molecular complexity index is 290. The van der Waals surface area contributed by atoms with Crippen molar-refractivity contribution < 1.29 is 9.57 Å². The van der Waals surface area contributed by atoms with E-state index in [9.17, 15) is 0 Å². The van der Waals surface area contributed by atoms with Crippen LogP contribution in [-0.4, -0.2) is 12.1 Å². The van der Waals surface area contributed by atoms with Crippen molar-refractivity contribution in [1.82, 2.24) is 4.98 Å². The van der Waals surface area contributed by atoms with Gasteiger partial charge in [-0.15, -0.1) is 0 Å². The highest BCUT2D eigenvalue weighted by molar-refractivity contribution is 5.21. The Labute approximate surface area is 75.3 Å². The Hall–Kier alpha value is -1.85. The zero-order valence-electron chi connectivity index (χ0n) is 7.17. The van der Waals surface area contributed by atoms with Gasteiger partial charge in [0.15, 0.2) is 6.61 Å². The normalized spacial score (nSPS) is 10.2. The van der Waals surface area contributed by atoms with E-state index in [2.05, 4.69) is 20.3 Å². The van der Waals surface area contributed by atoms with E-state index in [-0.39, 0.29) is 6.61 Å². The summed E-state index contributed by atoms with van der Waals surface area (Å²) < 4.78 is 4.99. The summed E-state index contributed by atoms with van der Waals surface area (Å²) in [4.78, 5) is 8.70. The van der Waals surface area contributed by atoms with Crippen molar-refractivity contribution >= 4 is 0 Å². The van der Waals surface area contributed by atoms with Crippen molar-refractivity contribution in [2.24, 2.45) is 16.3 Å². The van der Waals surface area contributed by atoms with Gasteiger partial charge in [0.2, 0.25) is 0 Å². The molecule has 0 fully saturated rings. The SMILES string of the molecule is COc1ccnc(CON=NN)c1. The minimum atomic E-state index is 0.220. The van der Waals surface area contributed by atoms with Crippen LogP contribution in [-0.2, 0) is 11.4 Å². The summed E-state index contributed by atoms with van der Waals surface area (Å²) in [6.45, 7) is 0.220. The number of aromatic nitrogens is 1. The largest absolute Gasteiger partial charge is 0.497 e. The number of rotatable bonds is 4. The lowest BCUT2D eigenvalue weighted by Gasteiger charge is -2.01. The molecule has 1 rings (SSSR count). The van der Waals surface area contributed by atoms with Gasteiger partial charge in [-0.1, -0.05) is 0 Å². The lowest BCUT2D eigenvalue weighted by atomic mass is 10.3. The molecule has 2 N–H and O–H groups in total. The second-order valence-corrected chi connectivity index (χ2v) is 2.16. The van der Waals surface area contributed by atoms with E-state index in [4.69, 9.17) is 10.6 Å². The third-order valence-corrected chi connectivity index (χ3v) is 1.34. The van der Waals surface area contributed by atoms with Crippen LogP contribution in [0.25, 0.3) is 0 Å². The van der Waals surface area contributed by atoms with Gasteiger partial charge in [0.05, 0.1) is 12.8 Å². The quantitative estimate of drug-likeness (QED) is 0.425. The van der Waals surface area contributed by atoms with Gasteiger partial charge in [-0.25, -0.2) is 0 Å². The Balaban J connectivity index is 2.56. The van der Waals surface area contributed by atoms with Crippen molar-refractivity contribution in [3.05, 3.63) is 24.0 Å². The molecule has 6 nitrogen and oxygen atoms in total. The van der Waals surface area contributed by atoms with E-state index < -0.39 is 0 Å². The average Bonchev–Trinajstić information content (AvgIpc) is 2.19. The van der Waals surface area contributed by atoms with Crippen LogP contribution in [0.1, 0.15) is 5.69 Å². The number of ether oxygens (including phenoxy) is 1. The van der Waals surface area contributed by atoms with E-state index in [1.54, 1.807) is 25.4 Å². The van der Waals surface area contributed by atoms with Crippen molar-refractivity contribution in [2.45, 2.75) is 6.61 Å². The molecular formula is C7H10N4O2. The monoisotopic (exact) mass is 182 g/mol. The second kappa shape index (κ2) is 4.91. The summed E-state index contributed by atoms with van der Waals surface area (Å²) in [7, 11) is 1.58. The molecule has 1 aromatic heterocycles. The molecule has 70 valence electrons. The number of hydrogen-bond acceptors (Lipinski definition) is 5. The lowest BCUT2D eigenvalue weighted by Crippen LogP contribution is -1.92. The molecular weight excluding hydrogens is 172 g/mol. The highest BCUT2D eigenvalue weighted by Crippen LogP contribution is 2.10. The van der Waals surface area contributed by atoms with Crippen LogP contribution in [0.5, 0.6) is 5.75 Å². The van der Waals surface area contributed by atoms with Gasteiger partial charge in [0.25, 0.3) is 0 Å². The molecule has 1 aromatic rings. The van der Waals surface area contributed by atoms with Crippen LogP contribution in [0.4, 0.5) is 0 Å². The highest BCUT2D eigenvalue weighted by Gasteiger charge is 1.96. The molecule has 0 saturated heterocycles. The summed E-state index contributed by atoms with van der Waals surface area (Å²) in [6.07, 6.45) is 1.62. The Morgan fingerprint density at radius 2 is 2.46 bits per heavy atom. The van der Waals surface area contributed by atoms with Crippen molar-refractivity contribution in [3.8, 4) is 5.75 Å². The first kappa shape index (κ1) is 9.24. The molecule has 0 spiro atoms. The van der Waals surface area contributed by atoms with Crippen LogP contribution < -0.4 is 10.6 Å². The molecule has 0 aliphatic heterocycles. The van der Waals surface area contributed by atoms with Gasteiger partial charge in [-0.05, 0) is 11.3 Å². The number of nitrogens with zero attached hydrogens (tertiary/aromatic N) is 3. The molecule has 0 unspecified atom stereocenters. The summed E-state index contributed by atoms with van der Waals surface area (Å²) in [6, 6.07) is 3.49. The molecule has 0 bridgehead atoms. The van der Waals surface area contributed by atoms with Crippen molar-refractivity contribution in [2.75, 3.05) is 7.11 Å². The maximum atomic E-state index is 4.99. The van der Waals surface area contributed by atoms with E-state index >= 15 is 0 Å². The topological polar surface area (TPSA) is 82.1 Å². The third kappa shape index (κ3) is 2.94. The maximum absolute atomic E-state index is 4.99. The van der Waals surface area contributed by atoms with Crippen LogP contribution in [0.15, 0.2) is 28.8 Å². The maximum Gasteiger partial charge on any atom is 0.161 e. The molecule has 0 atom stereocenters. The predicted octanol–water partition coefficient (Wildman–Crippen LogP) is 0.848. The molecule has 6 heteroatoms. The smallest absolute Gasteiger partial charge is 0.161 e. The molecule has 0 aliphatic carbocycles. The van der Waals surface area contributed by atoms with Crippen LogP contribution in [0.2, 0.25) is 0 Å². The summed E-state index contributed by atoms with van der Waals surface area (Å²) >= 11 is 0. The first-order valence-corrected chi connectivity index (χ1v) is 3.58. The predicted molar refractivity (Wildman–Crippen MR) is 44.6 cm³/mol. The van der Waals surface area contributed by atoms with Gasteiger partial charge in [0, 0.05) is 17.5 Å². The van der Waals surface area contributed by atoms with E-state index in [1.807, 2.05) is 0 Å². The fourth-order valence-electron chi connectivity index (χ4n) is 0.790. The van der Waals surface area contributed by atoms with Crippen LogP contribution >= 0.6 is 0 Å². The summed E-state index contributed by atoms with van der Waals surface area (Å²) in [5.74, 6) is 5.46. The van der Waals surface area contributed by atoms with Gasteiger partial charge >= 0.3 is 0 Å². The van der Waals surface area contributed by atoms with Gasteiger partial charge in [0.1, 0.15) is 5.75 Å². The van der Waals surface area contributed by atoms with Crippen LogP contribution in [0, 0.1) is 0 Å². The van der Waals surface area contributed by atoms with Gasteiger partial charge < -0.3 is 15.4 Å². The van der Waals surface area contributed by atoms with Gasteiger partial charge in [-0.2, -0.15) is 0 Å². The fraction of sp³-hybridized carbons (Fsp3) is 0.286. The first-order valence-electron chi connectivity index (χ1n) is 3.58. The fourth-order valence-corrected chi connectivity index (χ4v) is 0.790. The highest BCUT2D eigenvalue weighted by atomic mass is 16.6. The number of nitrogens with two attached hydrogens (primary N) is 1. The molecule has 0 aromatic carbocycles. The average molecular weight is 182 g/mol. The summed E-state index contributed by atoms with van der Waals surface area (Å²) in [5, 5.41) is 6.08. The molecule has 0 amide bonds.